The molecular formula is C23H20ClPS. The van der Waals surface area contributed by atoms with E-state index in [1.165, 1.54) is 21.5 Å². The molecule has 0 radical (unpaired) electrons. The summed E-state index contributed by atoms with van der Waals surface area (Å²) in [5, 5.41) is 7.99. The minimum absolute atomic E-state index is 0.814. The van der Waals surface area contributed by atoms with Gasteiger partial charge in [-0.05, 0) is 0 Å². The van der Waals surface area contributed by atoms with Gasteiger partial charge in [0.1, 0.15) is 0 Å². The number of halogens is 1. The molecule has 4 rings (SSSR count). The maximum absolute atomic E-state index is 8.00. The van der Waals surface area contributed by atoms with Crippen molar-refractivity contribution in [3.05, 3.63) is 113 Å². The van der Waals surface area contributed by atoms with Gasteiger partial charge in [-0.15, -0.1) is 0 Å². The number of rotatable bonds is 5. The molecule has 0 unspecified atom stereocenters. The number of benzene rings is 3. The zero-order chi connectivity index (χ0) is 17.9. The zero-order valence-corrected chi connectivity index (χ0v) is 16.8. The van der Waals surface area contributed by atoms with Crippen molar-refractivity contribution in [1.29, 1.82) is 0 Å². The summed E-state index contributed by atoms with van der Waals surface area (Å²) in [5.41, 5.74) is 1.29. The van der Waals surface area contributed by atoms with Crippen LogP contribution in [0.2, 0.25) is 0 Å². The molecule has 0 N–H and O–H groups in total. The third kappa shape index (κ3) is 2.81. The molecule has 3 heteroatoms. The van der Waals surface area contributed by atoms with Crippen LogP contribution in [0.1, 0.15) is 5.56 Å². The summed E-state index contributed by atoms with van der Waals surface area (Å²) in [4.78, 5) is 0. The van der Waals surface area contributed by atoms with E-state index in [4.69, 9.17) is 11.2 Å². The summed E-state index contributed by atoms with van der Waals surface area (Å²) >= 11 is 9.73. The van der Waals surface area contributed by atoms with Crippen LogP contribution >= 0.6 is 28.5 Å². The van der Waals surface area contributed by atoms with Gasteiger partial charge in [-0.25, -0.2) is 0 Å². The fourth-order valence-corrected chi connectivity index (χ4v) is 10.6. The normalized spacial score (nSPS) is 13.0. The first-order valence-electron chi connectivity index (χ1n) is 8.62. The van der Waals surface area contributed by atoms with E-state index in [-0.39, 0.29) is 0 Å². The van der Waals surface area contributed by atoms with Gasteiger partial charge in [0.05, 0.1) is 0 Å². The Bertz CT molecular complexity index is 867. The van der Waals surface area contributed by atoms with Gasteiger partial charge in [0.2, 0.25) is 0 Å². The van der Waals surface area contributed by atoms with E-state index in [0.29, 0.717) is 0 Å². The molecule has 0 aliphatic carbocycles. The van der Waals surface area contributed by atoms with Crippen molar-refractivity contribution in [1.82, 2.24) is 0 Å². The van der Waals surface area contributed by atoms with Gasteiger partial charge in [0.25, 0.3) is 0 Å². The van der Waals surface area contributed by atoms with Gasteiger partial charge in [-0.1, -0.05) is 0 Å². The van der Waals surface area contributed by atoms with Crippen LogP contribution in [0.5, 0.6) is 0 Å². The molecule has 130 valence electrons. The summed E-state index contributed by atoms with van der Waals surface area (Å²) in [5.74, 6) is -3.16. The molecule has 0 aliphatic heterocycles. The summed E-state index contributed by atoms with van der Waals surface area (Å²) in [7, 11) is 0. The Morgan fingerprint density at radius 3 is 1.38 bits per heavy atom. The Labute approximate surface area is 163 Å². The Hall–Kier alpha value is -1.92. The molecule has 0 amide bonds. The second-order valence-electron chi connectivity index (χ2n) is 6.48. The van der Waals surface area contributed by atoms with Gasteiger partial charge in [0.15, 0.2) is 0 Å². The van der Waals surface area contributed by atoms with Gasteiger partial charge < -0.3 is 0 Å². The first-order chi connectivity index (χ1) is 12.7. The molecule has 0 fully saturated rings. The van der Waals surface area contributed by atoms with Gasteiger partial charge in [-0.3, -0.25) is 0 Å². The maximum atomic E-state index is 8.00. The predicted molar refractivity (Wildman–Crippen MR) is 119 cm³/mol. The molecule has 0 saturated heterocycles. The quantitative estimate of drug-likeness (QED) is 0.368. The van der Waals surface area contributed by atoms with Crippen LogP contribution in [0.3, 0.4) is 0 Å². The van der Waals surface area contributed by atoms with Crippen molar-refractivity contribution < 1.29 is 0 Å². The molecule has 0 nitrogen and oxygen atoms in total. The van der Waals surface area contributed by atoms with E-state index < -0.39 is 5.96 Å². The van der Waals surface area contributed by atoms with Gasteiger partial charge >= 0.3 is 164 Å². The van der Waals surface area contributed by atoms with Crippen molar-refractivity contribution in [2.45, 2.75) is 6.16 Å². The predicted octanol–water partition coefficient (Wildman–Crippen LogP) is 5.93. The van der Waals surface area contributed by atoms with Crippen LogP contribution in [-0.2, 0) is 6.16 Å². The molecule has 0 saturated carbocycles. The molecule has 4 aromatic rings. The molecule has 0 spiro atoms. The van der Waals surface area contributed by atoms with Crippen LogP contribution < -0.4 is 15.9 Å². The molecule has 0 atom stereocenters. The van der Waals surface area contributed by atoms with E-state index in [1.54, 1.807) is 11.3 Å². The van der Waals surface area contributed by atoms with Gasteiger partial charge in [0, 0.05) is 0 Å². The number of hydrogen-bond acceptors (Lipinski definition) is 1. The molecule has 1 aromatic heterocycles. The fraction of sp³-hybridized carbons (Fsp3) is 0.0435. The number of hydrogen-bond donors (Lipinski definition) is 0. The van der Waals surface area contributed by atoms with E-state index in [1.807, 2.05) is 0 Å². The van der Waals surface area contributed by atoms with E-state index in [0.717, 1.165) is 6.16 Å². The Kier molecular flexibility index (Phi) is 4.71. The summed E-state index contributed by atoms with van der Waals surface area (Å²) in [6.45, 7) is 0. The fourth-order valence-electron chi connectivity index (χ4n) is 3.66. The van der Waals surface area contributed by atoms with Crippen LogP contribution in [0.25, 0.3) is 0 Å². The molecule has 0 aliphatic rings. The topological polar surface area (TPSA) is 0 Å². The average Bonchev–Trinajstić information content (AvgIpc) is 3.23. The second-order valence-corrected chi connectivity index (χ2v) is 13.7. The third-order valence-electron chi connectivity index (χ3n) is 4.94. The molecule has 3 aromatic carbocycles. The Balaban J connectivity index is 2.10. The molecule has 0 bridgehead atoms. The first kappa shape index (κ1) is 17.5. The van der Waals surface area contributed by atoms with Crippen molar-refractivity contribution in [3.8, 4) is 0 Å². The van der Waals surface area contributed by atoms with Crippen molar-refractivity contribution in [2.75, 3.05) is 0 Å². The van der Waals surface area contributed by atoms with Crippen LogP contribution in [0.15, 0.2) is 108 Å². The average molecular weight is 395 g/mol. The first-order valence-corrected chi connectivity index (χ1v) is 12.9. The standard InChI is InChI=1S/C23H20ClPS/c24-25(18-20-16-17-26-19-20,21-10-4-1-5-11-21,22-12-6-2-7-13-22)23-14-8-3-9-15-23/h1-17,19H,18H2. The summed E-state index contributed by atoms with van der Waals surface area (Å²) in [6, 6.07) is 34.1. The third-order valence-corrected chi connectivity index (χ3v) is 12.9. The summed E-state index contributed by atoms with van der Waals surface area (Å²) < 4.78 is 0. The Morgan fingerprint density at radius 1 is 0.615 bits per heavy atom. The molecule has 26 heavy (non-hydrogen) atoms. The van der Waals surface area contributed by atoms with E-state index in [2.05, 4.69) is 108 Å². The second kappa shape index (κ2) is 7.00. The van der Waals surface area contributed by atoms with Crippen LogP contribution in [-0.4, -0.2) is 0 Å². The zero-order valence-electron chi connectivity index (χ0n) is 14.3. The Morgan fingerprint density at radius 2 is 1.04 bits per heavy atom. The number of thiophene rings is 1. The molecule has 1 heterocycles. The monoisotopic (exact) mass is 394 g/mol. The SMILES string of the molecule is ClP(Cc1ccsc1)(c1ccccc1)(c1ccccc1)c1ccccc1. The van der Waals surface area contributed by atoms with Crippen molar-refractivity contribution in [3.63, 3.8) is 0 Å². The van der Waals surface area contributed by atoms with Crippen molar-refractivity contribution >= 4 is 44.4 Å². The van der Waals surface area contributed by atoms with E-state index in [9.17, 15) is 0 Å². The van der Waals surface area contributed by atoms with Gasteiger partial charge in [-0.2, -0.15) is 0 Å². The van der Waals surface area contributed by atoms with E-state index >= 15 is 0 Å². The summed E-state index contributed by atoms with van der Waals surface area (Å²) in [6.07, 6.45) is 0.814. The van der Waals surface area contributed by atoms with Crippen molar-refractivity contribution in [2.24, 2.45) is 0 Å². The molecular weight excluding hydrogens is 375 g/mol. The van der Waals surface area contributed by atoms with Crippen LogP contribution in [0, 0.1) is 0 Å². The van der Waals surface area contributed by atoms with Crippen LogP contribution in [0.4, 0.5) is 0 Å². The minimum atomic E-state index is -3.16.